The molecule has 0 radical (unpaired) electrons. The summed E-state index contributed by atoms with van der Waals surface area (Å²) >= 11 is -0.139. The molecule has 2 heteroatoms. The first-order chi connectivity index (χ1) is 4.15. The van der Waals surface area contributed by atoms with Crippen molar-refractivity contribution in [3.8, 4) is 0 Å². The van der Waals surface area contributed by atoms with E-state index in [2.05, 4.69) is 17.4 Å². The number of ether oxygens (including phenoxy) is 1. The van der Waals surface area contributed by atoms with Crippen molar-refractivity contribution < 1.29 is 4.74 Å². The second-order valence-corrected chi connectivity index (χ2v) is 5.98. The van der Waals surface area contributed by atoms with Crippen LogP contribution in [0.2, 0.25) is 17.4 Å². The molecule has 0 fully saturated rings. The van der Waals surface area contributed by atoms with E-state index in [0.717, 1.165) is 13.2 Å². The Kier molecular flexibility index (Phi) is 15.3. The number of hydrogen-bond acceptors (Lipinski definition) is 1. The molecule has 0 spiro atoms. The van der Waals surface area contributed by atoms with Crippen molar-refractivity contribution in [1.29, 1.82) is 0 Å². The first-order valence-corrected chi connectivity index (χ1v) is 7.19. The third kappa shape index (κ3) is 57.6. The smallest absolute Gasteiger partial charge is 0.251 e. The minimum atomic E-state index is -0.139. The minimum absolute atomic E-state index is 0.139. The topological polar surface area (TPSA) is 9.23 Å². The van der Waals surface area contributed by atoms with Gasteiger partial charge in [-0.2, -0.15) is 0 Å². The lowest BCUT2D eigenvalue weighted by molar-refractivity contribution is 0.162. The van der Waals surface area contributed by atoms with Crippen LogP contribution in [0.25, 0.3) is 0 Å². The summed E-state index contributed by atoms with van der Waals surface area (Å²) in [5.41, 5.74) is 0. The number of hydrogen-bond donors (Lipinski definition) is 0. The van der Waals surface area contributed by atoms with Crippen LogP contribution in [0.1, 0.15) is 13.8 Å². The molecule has 0 saturated heterocycles. The van der Waals surface area contributed by atoms with E-state index < -0.39 is 0 Å². The van der Waals surface area contributed by atoms with Crippen LogP contribution in [-0.4, -0.2) is 27.4 Å². The SMILES string of the molecule is CCOCC.[CH3][Al]([CH3])[CH3]. The molecule has 0 rings (SSSR count). The molecule has 0 bridgehead atoms. The van der Waals surface area contributed by atoms with Gasteiger partial charge in [0.05, 0.1) is 0 Å². The predicted molar refractivity (Wildman–Crippen MR) is 45.5 cm³/mol. The van der Waals surface area contributed by atoms with Crippen LogP contribution >= 0.6 is 0 Å². The zero-order valence-electron chi connectivity index (χ0n) is 7.40. The fourth-order valence-corrected chi connectivity index (χ4v) is 0.204. The summed E-state index contributed by atoms with van der Waals surface area (Å²) in [4.78, 5) is 0. The van der Waals surface area contributed by atoms with Crippen LogP contribution in [0, 0.1) is 0 Å². The van der Waals surface area contributed by atoms with Gasteiger partial charge in [0.25, 0.3) is 14.1 Å². The van der Waals surface area contributed by atoms with E-state index in [1.165, 1.54) is 0 Å². The number of rotatable bonds is 2. The van der Waals surface area contributed by atoms with Crippen molar-refractivity contribution in [2.24, 2.45) is 0 Å². The van der Waals surface area contributed by atoms with Crippen molar-refractivity contribution in [3.63, 3.8) is 0 Å². The Hall–Kier alpha value is 0.492. The summed E-state index contributed by atoms with van der Waals surface area (Å²) in [6.45, 7) is 5.67. The zero-order valence-corrected chi connectivity index (χ0v) is 8.55. The third-order valence-electron chi connectivity index (χ3n) is 0.408. The maximum Gasteiger partial charge on any atom is 0.251 e. The predicted octanol–water partition coefficient (Wildman–Crippen LogP) is 2.41. The van der Waals surface area contributed by atoms with Crippen molar-refractivity contribution >= 4 is 14.1 Å². The Morgan fingerprint density at radius 1 is 1.00 bits per heavy atom. The normalized spacial score (nSPS) is 7.67. The van der Waals surface area contributed by atoms with E-state index in [4.69, 9.17) is 4.74 Å². The molecule has 9 heavy (non-hydrogen) atoms. The van der Waals surface area contributed by atoms with E-state index >= 15 is 0 Å². The van der Waals surface area contributed by atoms with Gasteiger partial charge >= 0.3 is 0 Å². The van der Waals surface area contributed by atoms with Gasteiger partial charge in [0.1, 0.15) is 0 Å². The quantitative estimate of drug-likeness (QED) is 0.543. The maximum atomic E-state index is 4.83. The molecule has 0 heterocycles. The molecule has 0 aliphatic carbocycles. The fraction of sp³-hybridized carbons (Fsp3) is 1.00. The minimum Gasteiger partial charge on any atom is -0.382 e. The van der Waals surface area contributed by atoms with Gasteiger partial charge in [-0.3, -0.25) is 0 Å². The van der Waals surface area contributed by atoms with E-state index in [-0.39, 0.29) is 14.1 Å². The van der Waals surface area contributed by atoms with Crippen LogP contribution in [0.3, 0.4) is 0 Å². The summed E-state index contributed by atoms with van der Waals surface area (Å²) in [5.74, 6) is 6.92. The van der Waals surface area contributed by atoms with Gasteiger partial charge in [0, 0.05) is 13.2 Å². The Labute approximate surface area is 63.8 Å². The van der Waals surface area contributed by atoms with E-state index in [1.807, 2.05) is 13.8 Å². The molecule has 0 saturated carbocycles. The zero-order chi connectivity index (χ0) is 7.70. The molecule has 0 unspecified atom stereocenters. The Morgan fingerprint density at radius 2 is 1.22 bits per heavy atom. The summed E-state index contributed by atoms with van der Waals surface area (Å²) in [6, 6.07) is 0. The maximum absolute atomic E-state index is 4.83. The van der Waals surface area contributed by atoms with Crippen molar-refractivity contribution in [2.45, 2.75) is 31.2 Å². The average Bonchev–Trinajstić information content (AvgIpc) is 1.66. The summed E-state index contributed by atoms with van der Waals surface area (Å²) in [5, 5.41) is 0. The molecule has 56 valence electrons. The molecule has 0 aromatic heterocycles. The average molecular weight is 146 g/mol. The molecular formula is C7H19AlO. The van der Waals surface area contributed by atoms with Gasteiger partial charge in [-0.25, -0.2) is 0 Å². The highest BCUT2D eigenvalue weighted by atomic mass is 27.2. The molecule has 0 aliphatic heterocycles. The van der Waals surface area contributed by atoms with Gasteiger partial charge in [0.2, 0.25) is 0 Å². The van der Waals surface area contributed by atoms with Crippen molar-refractivity contribution in [1.82, 2.24) is 0 Å². The van der Waals surface area contributed by atoms with Gasteiger partial charge < -0.3 is 4.74 Å². The van der Waals surface area contributed by atoms with Crippen LogP contribution in [-0.2, 0) is 4.74 Å². The third-order valence-corrected chi connectivity index (χ3v) is 0.408. The molecule has 0 aromatic rings. The van der Waals surface area contributed by atoms with Gasteiger partial charge in [-0.15, -0.1) is 17.4 Å². The lowest BCUT2D eigenvalue weighted by atomic mass is 10.8. The largest absolute Gasteiger partial charge is 0.382 e. The standard InChI is InChI=1S/C4H10O.3CH3.Al/c1-3-5-4-2;;;;/h3-4H2,1-2H3;3*1H3;. The van der Waals surface area contributed by atoms with Crippen LogP contribution in [0.5, 0.6) is 0 Å². The highest BCUT2D eigenvalue weighted by molar-refractivity contribution is 6.54. The van der Waals surface area contributed by atoms with E-state index in [0.29, 0.717) is 0 Å². The van der Waals surface area contributed by atoms with Crippen LogP contribution < -0.4 is 0 Å². The summed E-state index contributed by atoms with van der Waals surface area (Å²) in [6.07, 6.45) is 0. The summed E-state index contributed by atoms with van der Waals surface area (Å²) < 4.78 is 4.83. The van der Waals surface area contributed by atoms with Crippen molar-refractivity contribution in [2.75, 3.05) is 13.2 Å². The first-order valence-electron chi connectivity index (χ1n) is 3.72. The van der Waals surface area contributed by atoms with Gasteiger partial charge in [-0.05, 0) is 13.8 Å². The molecule has 1 nitrogen and oxygen atoms in total. The van der Waals surface area contributed by atoms with Crippen LogP contribution in [0.15, 0.2) is 0 Å². The Balaban J connectivity index is 0. The highest BCUT2D eigenvalue weighted by Gasteiger charge is 1.81. The van der Waals surface area contributed by atoms with Gasteiger partial charge in [-0.1, -0.05) is 0 Å². The second kappa shape index (κ2) is 11.3. The monoisotopic (exact) mass is 146 g/mol. The lowest BCUT2D eigenvalue weighted by Gasteiger charge is -1.86. The van der Waals surface area contributed by atoms with E-state index in [9.17, 15) is 0 Å². The highest BCUT2D eigenvalue weighted by Crippen LogP contribution is 1.68. The first kappa shape index (κ1) is 12.2. The second-order valence-electron chi connectivity index (χ2n) is 2.51. The molecule has 0 aliphatic rings. The van der Waals surface area contributed by atoms with Crippen molar-refractivity contribution in [3.05, 3.63) is 0 Å². The molecular weight excluding hydrogens is 127 g/mol. The van der Waals surface area contributed by atoms with Crippen LogP contribution in [0.4, 0.5) is 0 Å². The molecule has 0 N–H and O–H groups in total. The van der Waals surface area contributed by atoms with E-state index in [1.54, 1.807) is 0 Å². The lowest BCUT2D eigenvalue weighted by Crippen LogP contribution is -1.84. The molecule has 0 aromatic carbocycles. The fourth-order valence-electron chi connectivity index (χ4n) is 0.204. The Bertz CT molecular complexity index is 33.1. The molecule has 0 amide bonds. The molecule has 0 atom stereocenters. The Morgan fingerprint density at radius 3 is 1.22 bits per heavy atom. The summed E-state index contributed by atoms with van der Waals surface area (Å²) in [7, 11) is 0. The van der Waals surface area contributed by atoms with Gasteiger partial charge in [0.15, 0.2) is 0 Å².